The van der Waals surface area contributed by atoms with Crippen LogP contribution in [0.1, 0.15) is 70.1 Å². The summed E-state index contributed by atoms with van der Waals surface area (Å²) in [5.41, 5.74) is 4.81. The van der Waals surface area contributed by atoms with Gasteiger partial charge in [-0.25, -0.2) is 0 Å². The molecule has 0 amide bonds. The standard InChI is InChI=1S/C21H36N2/c1-7-17-9-10-20(18(8-2)15-17)21(23(5)6)13-11-19(12-14-21)22-16(3)4/h9-10,15-16,19,22H,7-8,11-14H2,1-6H3. The molecule has 1 saturated carbocycles. The van der Waals surface area contributed by atoms with Crippen LogP contribution >= 0.6 is 0 Å². The molecule has 0 unspecified atom stereocenters. The van der Waals surface area contributed by atoms with Gasteiger partial charge in [-0.1, -0.05) is 45.9 Å². The molecule has 23 heavy (non-hydrogen) atoms. The summed E-state index contributed by atoms with van der Waals surface area (Å²) in [6, 6.07) is 8.48. The molecular formula is C21H36N2. The minimum absolute atomic E-state index is 0.215. The lowest BCUT2D eigenvalue weighted by atomic mass is 9.72. The third-order valence-corrected chi connectivity index (χ3v) is 5.70. The molecule has 2 nitrogen and oxygen atoms in total. The molecule has 1 aromatic rings. The third kappa shape index (κ3) is 3.97. The molecular weight excluding hydrogens is 280 g/mol. The van der Waals surface area contributed by atoms with Gasteiger partial charge in [-0.3, -0.25) is 4.90 Å². The van der Waals surface area contributed by atoms with Crippen LogP contribution in [0.25, 0.3) is 0 Å². The largest absolute Gasteiger partial charge is 0.312 e. The maximum absolute atomic E-state index is 3.74. The Labute approximate surface area is 143 Å². The zero-order valence-corrected chi connectivity index (χ0v) is 16.1. The molecule has 0 aliphatic heterocycles. The first-order chi connectivity index (χ1) is 10.9. The summed E-state index contributed by atoms with van der Waals surface area (Å²) in [4.78, 5) is 2.48. The topological polar surface area (TPSA) is 15.3 Å². The van der Waals surface area contributed by atoms with E-state index in [9.17, 15) is 0 Å². The molecule has 0 bridgehead atoms. The highest BCUT2D eigenvalue weighted by molar-refractivity contribution is 5.38. The second kappa shape index (κ2) is 7.81. The molecule has 0 aromatic heterocycles. The lowest BCUT2D eigenvalue weighted by Gasteiger charge is -2.47. The number of hydrogen-bond donors (Lipinski definition) is 1. The van der Waals surface area contributed by atoms with Crippen LogP contribution in [-0.2, 0) is 18.4 Å². The van der Waals surface area contributed by atoms with Gasteiger partial charge in [0.1, 0.15) is 0 Å². The van der Waals surface area contributed by atoms with Crippen LogP contribution in [0.2, 0.25) is 0 Å². The van der Waals surface area contributed by atoms with Gasteiger partial charge in [-0.2, -0.15) is 0 Å². The van der Waals surface area contributed by atoms with E-state index < -0.39 is 0 Å². The number of hydrogen-bond acceptors (Lipinski definition) is 2. The van der Waals surface area contributed by atoms with Crippen molar-refractivity contribution in [3.63, 3.8) is 0 Å². The quantitative estimate of drug-likeness (QED) is 0.830. The van der Waals surface area contributed by atoms with Crippen LogP contribution in [0.3, 0.4) is 0 Å². The first kappa shape index (κ1) is 18.5. The average molecular weight is 317 g/mol. The van der Waals surface area contributed by atoms with Crippen molar-refractivity contribution in [1.29, 1.82) is 0 Å². The third-order valence-electron chi connectivity index (χ3n) is 5.70. The zero-order chi connectivity index (χ0) is 17.0. The van der Waals surface area contributed by atoms with Crippen LogP contribution < -0.4 is 5.32 Å². The molecule has 0 saturated heterocycles. The molecule has 1 fully saturated rings. The molecule has 1 aliphatic carbocycles. The van der Waals surface area contributed by atoms with Crippen LogP contribution in [-0.4, -0.2) is 31.1 Å². The van der Waals surface area contributed by atoms with Gasteiger partial charge in [0.2, 0.25) is 0 Å². The highest BCUT2D eigenvalue weighted by Gasteiger charge is 2.39. The number of rotatable bonds is 6. The second-order valence-corrected chi connectivity index (χ2v) is 7.72. The van der Waals surface area contributed by atoms with Crippen molar-refractivity contribution in [3.05, 3.63) is 34.9 Å². The minimum Gasteiger partial charge on any atom is -0.312 e. The summed E-state index contributed by atoms with van der Waals surface area (Å²) in [6.45, 7) is 9.06. The molecule has 2 heteroatoms. The van der Waals surface area contributed by atoms with Crippen LogP contribution in [0.5, 0.6) is 0 Å². The molecule has 0 spiro atoms. The molecule has 1 N–H and O–H groups in total. The Hall–Kier alpha value is -0.860. The number of nitrogens with one attached hydrogen (secondary N) is 1. The summed E-state index contributed by atoms with van der Waals surface area (Å²) in [5.74, 6) is 0. The SMILES string of the molecule is CCc1ccc(C2(N(C)C)CCC(NC(C)C)CC2)c(CC)c1. The fourth-order valence-corrected chi connectivity index (χ4v) is 4.30. The molecule has 130 valence electrons. The molecule has 1 aromatic carbocycles. The monoisotopic (exact) mass is 316 g/mol. The van der Waals surface area contributed by atoms with E-state index >= 15 is 0 Å². The van der Waals surface area contributed by atoms with E-state index in [4.69, 9.17) is 0 Å². The Kier molecular flexibility index (Phi) is 6.27. The highest BCUT2D eigenvalue weighted by Crippen LogP contribution is 2.43. The molecule has 0 heterocycles. The van der Waals surface area contributed by atoms with Crippen molar-refractivity contribution in [2.45, 2.75) is 83.8 Å². The van der Waals surface area contributed by atoms with Crippen molar-refractivity contribution in [2.75, 3.05) is 14.1 Å². The Balaban J connectivity index is 2.29. The van der Waals surface area contributed by atoms with Gasteiger partial charge in [-0.15, -0.1) is 0 Å². The molecule has 2 rings (SSSR count). The maximum atomic E-state index is 3.74. The predicted octanol–water partition coefficient (Wildman–Crippen LogP) is 4.51. The van der Waals surface area contributed by atoms with E-state index in [-0.39, 0.29) is 5.54 Å². The van der Waals surface area contributed by atoms with Crippen LogP contribution in [0, 0.1) is 0 Å². The summed E-state index contributed by atoms with van der Waals surface area (Å²) >= 11 is 0. The molecule has 0 radical (unpaired) electrons. The summed E-state index contributed by atoms with van der Waals surface area (Å²) in [6.07, 6.45) is 7.31. The zero-order valence-electron chi connectivity index (χ0n) is 16.1. The van der Waals surface area contributed by atoms with Gasteiger partial charge < -0.3 is 5.32 Å². The Morgan fingerprint density at radius 3 is 2.26 bits per heavy atom. The number of nitrogens with zero attached hydrogens (tertiary/aromatic N) is 1. The van der Waals surface area contributed by atoms with Crippen molar-refractivity contribution in [2.24, 2.45) is 0 Å². The molecule has 1 aliphatic rings. The number of benzene rings is 1. The second-order valence-electron chi connectivity index (χ2n) is 7.72. The smallest absolute Gasteiger partial charge is 0.0458 e. The first-order valence-electron chi connectivity index (χ1n) is 9.48. The fourth-order valence-electron chi connectivity index (χ4n) is 4.30. The first-order valence-corrected chi connectivity index (χ1v) is 9.48. The Morgan fingerprint density at radius 1 is 1.13 bits per heavy atom. The average Bonchev–Trinajstić information content (AvgIpc) is 2.54. The van der Waals surface area contributed by atoms with E-state index in [0.29, 0.717) is 12.1 Å². The van der Waals surface area contributed by atoms with E-state index in [1.54, 1.807) is 11.1 Å². The fraction of sp³-hybridized carbons (Fsp3) is 0.714. The van der Waals surface area contributed by atoms with Gasteiger partial charge in [-0.05, 0) is 69.3 Å². The highest BCUT2D eigenvalue weighted by atomic mass is 15.2. The van der Waals surface area contributed by atoms with E-state index in [2.05, 4.69) is 70.2 Å². The van der Waals surface area contributed by atoms with E-state index in [1.165, 1.54) is 31.2 Å². The van der Waals surface area contributed by atoms with Crippen molar-refractivity contribution in [3.8, 4) is 0 Å². The normalized spacial score (nSPS) is 25.3. The van der Waals surface area contributed by atoms with Gasteiger partial charge in [0.05, 0.1) is 0 Å². The summed E-state index contributed by atoms with van der Waals surface area (Å²) in [7, 11) is 4.53. The summed E-state index contributed by atoms with van der Waals surface area (Å²) in [5, 5.41) is 3.74. The Morgan fingerprint density at radius 2 is 1.78 bits per heavy atom. The van der Waals surface area contributed by atoms with Crippen molar-refractivity contribution in [1.82, 2.24) is 10.2 Å². The van der Waals surface area contributed by atoms with Crippen molar-refractivity contribution < 1.29 is 0 Å². The number of aryl methyl sites for hydroxylation is 2. The Bertz CT molecular complexity index is 497. The van der Waals surface area contributed by atoms with Crippen LogP contribution in [0.4, 0.5) is 0 Å². The maximum Gasteiger partial charge on any atom is 0.0458 e. The van der Waals surface area contributed by atoms with Crippen molar-refractivity contribution >= 4 is 0 Å². The van der Waals surface area contributed by atoms with Gasteiger partial charge in [0, 0.05) is 17.6 Å². The lowest BCUT2D eigenvalue weighted by molar-refractivity contribution is 0.0832. The van der Waals surface area contributed by atoms with E-state index in [0.717, 1.165) is 12.8 Å². The van der Waals surface area contributed by atoms with Crippen LogP contribution in [0.15, 0.2) is 18.2 Å². The van der Waals surface area contributed by atoms with Gasteiger partial charge >= 0.3 is 0 Å². The predicted molar refractivity (Wildman–Crippen MR) is 101 cm³/mol. The van der Waals surface area contributed by atoms with Gasteiger partial charge in [0.25, 0.3) is 0 Å². The van der Waals surface area contributed by atoms with E-state index in [1.807, 2.05) is 0 Å². The lowest BCUT2D eigenvalue weighted by Crippen LogP contribution is -2.49. The minimum atomic E-state index is 0.215. The summed E-state index contributed by atoms with van der Waals surface area (Å²) < 4.78 is 0. The molecule has 0 atom stereocenters. The van der Waals surface area contributed by atoms with Gasteiger partial charge in [0.15, 0.2) is 0 Å².